The van der Waals surface area contributed by atoms with Gasteiger partial charge in [0.2, 0.25) is 0 Å². The van der Waals surface area contributed by atoms with E-state index in [1.54, 1.807) is 0 Å². The van der Waals surface area contributed by atoms with Gasteiger partial charge in [-0.2, -0.15) is 0 Å². The lowest BCUT2D eigenvalue weighted by Crippen LogP contribution is -2.34. The summed E-state index contributed by atoms with van der Waals surface area (Å²) >= 11 is 3.43. The summed E-state index contributed by atoms with van der Waals surface area (Å²) in [5, 5.41) is 7.85. The number of amidine groups is 1. The number of rotatable bonds is 2. The quantitative estimate of drug-likeness (QED) is 0.873. The topological polar surface area (TPSA) is 27.1 Å². The van der Waals surface area contributed by atoms with Crippen LogP contribution in [0.4, 0.5) is 0 Å². The van der Waals surface area contributed by atoms with Gasteiger partial charge in [0.1, 0.15) is 0 Å². The summed E-state index contributed by atoms with van der Waals surface area (Å²) in [6.45, 7) is 1.92. The van der Waals surface area contributed by atoms with Crippen LogP contribution in [0.15, 0.2) is 28.7 Å². The SMILES string of the molecule is N=C1CCCCN1Cc1ccc(Br)cc1. The largest absolute Gasteiger partial charge is 0.356 e. The number of hydrogen-bond acceptors (Lipinski definition) is 1. The Kier molecular flexibility index (Phi) is 3.41. The molecule has 1 saturated heterocycles. The second-order valence-electron chi connectivity index (χ2n) is 3.95. The standard InChI is InChI=1S/C12H15BrN2/c13-11-6-4-10(5-7-11)9-15-8-2-1-3-12(15)14/h4-7,14H,1-3,8-9H2. The van der Waals surface area contributed by atoms with Crippen LogP contribution in [-0.2, 0) is 6.54 Å². The van der Waals surface area contributed by atoms with Gasteiger partial charge in [-0.05, 0) is 30.5 Å². The van der Waals surface area contributed by atoms with Gasteiger partial charge in [-0.3, -0.25) is 5.41 Å². The average Bonchev–Trinajstić information content (AvgIpc) is 2.25. The van der Waals surface area contributed by atoms with Crippen LogP contribution in [-0.4, -0.2) is 17.3 Å². The van der Waals surface area contributed by atoms with Crippen LogP contribution in [0.1, 0.15) is 24.8 Å². The highest BCUT2D eigenvalue weighted by Crippen LogP contribution is 2.16. The first-order chi connectivity index (χ1) is 7.25. The summed E-state index contributed by atoms with van der Waals surface area (Å²) in [7, 11) is 0. The normalized spacial score (nSPS) is 16.9. The molecule has 0 unspecified atom stereocenters. The van der Waals surface area contributed by atoms with E-state index < -0.39 is 0 Å². The molecule has 1 aromatic carbocycles. The first kappa shape index (κ1) is 10.7. The molecule has 1 fully saturated rings. The summed E-state index contributed by atoms with van der Waals surface area (Å²) in [4.78, 5) is 2.17. The summed E-state index contributed by atoms with van der Waals surface area (Å²) in [6, 6.07) is 8.35. The van der Waals surface area contributed by atoms with E-state index in [0.717, 1.165) is 29.8 Å². The zero-order valence-electron chi connectivity index (χ0n) is 8.67. The van der Waals surface area contributed by atoms with Gasteiger partial charge in [-0.25, -0.2) is 0 Å². The second kappa shape index (κ2) is 4.79. The van der Waals surface area contributed by atoms with Crippen LogP contribution in [0.25, 0.3) is 0 Å². The molecule has 15 heavy (non-hydrogen) atoms. The predicted molar refractivity (Wildman–Crippen MR) is 66.1 cm³/mol. The molecule has 1 aromatic rings. The Morgan fingerprint density at radius 3 is 2.60 bits per heavy atom. The summed E-state index contributed by atoms with van der Waals surface area (Å²) in [6.07, 6.45) is 3.34. The average molecular weight is 267 g/mol. The maximum atomic E-state index is 7.85. The number of likely N-dealkylation sites (tertiary alicyclic amines) is 1. The Bertz CT molecular complexity index is 345. The van der Waals surface area contributed by atoms with Gasteiger partial charge >= 0.3 is 0 Å². The van der Waals surface area contributed by atoms with Crippen molar-refractivity contribution in [1.82, 2.24) is 4.90 Å². The molecule has 3 heteroatoms. The zero-order valence-corrected chi connectivity index (χ0v) is 10.3. The Labute approximate surface area is 98.9 Å². The molecule has 0 aliphatic carbocycles. The molecular formula is C12H15BrN2. The Hall–Kier alpha value is -0.830. The number of halogens is 1. The molecule has 80 valence electrons. The lowest BCUT2D eigenvalue weighted by Gasteiger charge is -2.29. The maximum Gasteiger partial charge on any atom is 0.0960 e. The van der Waals surface area contributed by atoms with Crippen molar-refractivity contribution in [2.24, 2.45) is 0 Å². The van der Waals surface area contributed by atoms with Crippen molar-refractivity contribution in [3.05, 3.63) is 34.3 Å². The van der Waals surface area contributed by atoms with Crippen molar-refractivity contribution in [2.75, 3.05) is 6.54 Å². The van der Waals surface area contributed by atoms with Crippen LogP contribution < -0.4 is 0 Å². The Balaban J connectivity index is 2.01. The number of nitrogens with one attached hydrogen (secondary N) is 1. The van der Waals surface area contributed by atoms with Crippen molar-refractivity contribution >= 4 is 21.8 Å². The fourth-order valence-electron chi connectivity index (χ4n) is 1.87. The van der Waals surface area contributed by atoms with Gasteiger partial charge in [0, 0.05) is 24.0 Å². The van der Waals surface area contributed by atoms with E-state index in [1.807, 2.05) is 0 Å². The summed E-state index contributed by atoms with van der Waals surface area (Å²) in [5.74, 6) is 0.796. The zero-order chi connectivity index (χ0) is 10.7. The molecule has 1 N–H and O–H groups in total. The number of hydrogen-bond donors (Lipinski definition) is 1. The minimum Gasteiger partial charge on any atom is -0.356 e. The third-order valence-electron chi connectivity index (χ3n) is 2.76. The van der Waals surface area contributed by atoms with Gasteiger partial charge in [-0.15, -0.1) is 0 Å². The van der Waals surface area contributed by atoms with E-state index in [-0.39, 0.29) is 0 Å². The fourth-order valence-corrected chi connectivity index (χ4v) is 2.14. The molecule has 0 saturated carbocycles. The smallest absolute Gasteiger partial charge is 0.0960 e. The van der Waals surface area contributed by atoms with Crippen LogP contribution in [0, 0.1) is 5.41 Å². The fraction of sp³-hybridized carbons (Fsp3) is 0.417. The molecule has 1 heterocycles. The maximum absolute atomic E-state index is 7.85. The third kappa shape index (κ3) is 2.81. The van der Waals surface area contributed by atoms with Crippen molar-refractivity contribution < 1.29 is 0 Å². The van der Waals surface area contributed by atoms with Crippen molar-refractivity contribution in [3.63, 3.8) is 0 Å². The molecular weight excluding hydrogens is 252 g/mol. The molecule has 0 atom stereocenters. The van der Waals surface area contributed by atoms with Crippen molar-refractivity contribution in [2.45, 2.75) is 25.8 Å². The Morgan fingerprint density at radius 2 is 1.93 bits per heavy atom. The van der Waals surface area contributed by atoms with Crippen LogP contribution in [0.3, 0.4) is 0 Å². The van der Waals surface area contributed by atoms with E-state index in [9.17, 15) is 0 Å². The van der Waals surface area contributed by atoms with E-state index in [1.165, 1.54) is 18.4 Å². The molecule has 1 aliphatic rings. The van der Waals surface area contributed by atoms with Crippen molar-refractivity contribution in [1.29, 1.82) is 5.41 Å². The molecule has 0 bridgehead atoms. The molecule has 0 spiro atoms. The van der Waals surface area contributed by atoms with E-state index in [4.69, 9.17) is 5.41 Å². The first-order valence-corrected chi connectivity index (χ1v) is 6.12. The highest BCUT2D eigenvalue weighted by atomic mass is 79.9. The van der Waals surface area contributed by atoms with E-state index in [2.05, 4.69) is 45.1 Å². The van der Waals surface area contributed by atoms with Gasteiger partial charge in [0.15, 0.2) is 0 Å². The minimum absolute atomic E-state index is 0.796. The summed E-state index contributed by atoms with van der Waals surface area (Å²) in [5.41, 5.74) is 1.28. The second-order valence-corrected chi connectivity index (χ2v) is 4.87. The van der Waals surface area contributed by atoms with Crippen LogP contribution in [0.2, 0.25) is 0 Å². The highest BCUT2D eigenvalue weighted by Gasteiger charge is 2.14. The molecule has 0 aromatic heterocycles. The predicted octanol–water partition coefficient (Wildman–Crippen LogP) is 3.41. The molecule has 0 radical (unpaired) electrons. The van der Waals surface area contributed by atoms with Gasteiger partial charge in [-0.1, -0.05) is 28.1 Å². The van der Waals surface area contributed by atoms with Gasteiger partial charge in [0.25, 0.3) is 0 Å². The first-order valence-electron chi connectivity index (χ1n) is 5.32. The Morgan fingerprint density at radius 1 is 1.20 bits per heavy atom. The van der Waals surface area contributed by atoms with Crippen LogP contribution in [0.5, 0.6) is 0 Å². The summed E-state index contributed by atoms with van der Waals surface area (Å²) < 4.78 is 1.11. The monoisotopic (exact) mass is 266 g/mol. The molecule has 1 aliphatic heterocycles. The number of nitrogens with zero attached hydrogens (tertiary/aromatic N) is 1. The molecule has 0 amide bonds. The van der Waals surface area contributed by atoms with Crippen molar-refractivity contribution in [3.8, 4) is 0 Å². The van der Waals surface area contributed by atoms with E-state index >= 15 is 0 Å². The molecule has 2 nitrogen and oxygen atoms in total. The van der Waals surface area contributed by atoms with E-state index in [0.29, 0.717) is 0 Å². The lowest BCUT2D eigenvalue weighted by atomic mass is 10.1. The van der Waals surface area contributed by atoms with Crippen LogP contribution >= 0.6 is 15.9 Å². The van der Waals surface area contributed by atoms with Gasteiger partial charge < -0.3 is 4.90 Å². The highest BCUT2D eigenvalue weighted by molar-refractivity contribution is 9.10. The minimum atomic E-state index is 0.796. The number of benzene rings is 1. The lowest BCUT2D eigenvalue weighted by molar-refractivity contribution is 0.361. The number of piperidine rings is 1. The third-order valence-corrected chi connectivity index (χ3v) is 3.29. The molecule has 2 rings (SSSR count). The van der Waals surface area contributed by atoms with Gasteiger partial charge in [0.05, 0.1) is 5.84 Å².